The molecular formula is C21H25FN4O4S2. The Morgan fingerprint density at radius 1 is 1.38 bits per heavy atom. The van der Waals surface area contributed by atoms with Gasteiger partial charge in [-0.05, 0) is 69.1 Å². The first-order valence-corrected chi connectivity index (χ1v) is 13.0. The van der Waals surface area contributed by atoms with Gasteiger partial charge in [-0.15, -0.1) is 15.7 Å². The fraction of sp³-hybridized carbons (Fsp3) is 0.524. The summed E-state index contributed by atoms with van der Waals surface area (Å²) in [5.41, 5.74) is 3.22. The van der Waals surface area contributed by atoms with Crippen LogP contribution in [-0.4, -0.2) is 32.0 Å². The third kappa shape index (κ3) is 3.47. The Morgan fingerprint density at radius 2 is 2.12 bits per heavy atom. The average Bonchev–Trinajstić information content (AvgIpc) is 3.03. The van der Waals surface area contributed by atoms with Gasteiger partial charge in [0.25, 0.3) is 0 Å². The van der Waals surface area contributed by atoms with E-state index in [1.165, 1.54) is 6.92 Å². The molecular weight excluding hydrogens is 455 g/mol. The lowest BCUT2D eigenvalue weighted by molar-refractivity contribution is 0.000654. The number of anilines is 1. The zero-order chi connectivity index (χ0) is 22.9. The van der Waals surface area contributed by atoms with Crippen LogP contribution in [0.3, 0.4) is 0 Å². The minimum Gasteiger partial charge on any atom is -0.393 e. The number of amides is 2. The maximum Gasteiger partial charge on any atom is 0.354 e. The second kappa shape index (κ2) is 7.29. The first-order chi connectivity index (χ1) is 15.1. The van der Waals surface area contributed by atoms with E-state index >= 15 is 0 Å². The summed E-state index contributed by atoms with van der Waals surface area (Å²) in [4.78, 5) is 17.8. The first-order valence-electron chi connectivity index (χ1n) is 10.6. The Kier molecular flexibility index (Phi) is 4.99. The highest BCUT2D eigenvalue weighted by molar-refractivity contribution is 7.93. The van der Waals surface area contributed by atoms with E-state index in [0.717, 1.165) is 73.5 Å². The zero-order valence-electron chi connectivity index (χ0n) is 17.6. The fourth-order valence-electron chi connectivity index (χ4n) is 4.77. The first kappa shape index (κ1) is 21.9. The molecule has 11 heteroatoms. The van der Waals surface area contributed by atoms with Gasteiger partial charge in [0.1, 0.15) is 5.60 Å². The molecule has 8 nitrogen and oxygen atoms in total. The normalized spacial score (nSPS) is 21.5. The quantitative estimate of drug-likeness (QED) is 0.533. The number of aryl methyl sites for hydroxylation is 1. The van der Waals surface area contributed by atoms with Crippen LogP contribution in [-0.2, 0) is 40.2 Å². The molecule has 2 unspecified atom stereocenters. The topological polar surface area (TPSA) is 138 Å². The molecule has 2 aromatic rings. The molecule has 1 fully saturated rings. The second-order valence-electron chi connectivity index (χ2n) is 9.14. The number of carbonyl (C=O) groups excluding carboxylic acids is 1. The van der Waals surface area contributed by atoms with Crippen LogP contribution in [0.4, 0.5) is 14.9 Å². The summed E-state index contributed by atoms with van der Waals surface area (Å²) >= 11 is 0.625. The Balaban J connectivity index is 1.49. The molecule has 2 aromatic heterocycles. The number of thiophene rings is 1. The van der Waals surface area contributed by atoms with E-state index in [9.17, 15) is 23.6 Å². The number of carbonyl (C=O) groups is 1. The molecule has 0 bridgehead atoms. The molecule has 5 N–H and O–H groups in total. The second-order valence-corrected chi connectivity index (χ2v) is 12.2. The SMILES string of the molecule is CC(O)(CO)c1cc(F)c(S(N)(=O)=NC(=O)Nc2c3c(nc4c2CCC42CC2)CCC3)s1. The van der Waals surface area contributed by atoms with Gasteiger partial charge in [0.15, 0.2) is 19.9 Å². The number of aliphatic hydroxyl groups excluding tert-OH is 1. The number of nitrogens with one attached hydrogen (secondary N) is 1. The smallest absolute Gasteiger partial charge is 0.354 e. The van der Waals surface area contributed by atoms with Crippen LogP contribution < -0.4 is 10.5 Å². The highest BCUT2D eigenvalue weighted by Crippen LogP contribution is 2.58. The van der Waals surface area contributed by atoms with Crippen molar-refractivity contribution in [3.63, 3.8) is 0 Å². The molecule has 3 aliphatic carbocycles. The number of pyridine rings is 1. The molecule has 1 saturated carbocycles. The van der Waals surface area contributed by atoms with Crippen LogP contribution in [0.2, 0.25) is 0 Å². The molecule has 3 aliphatic rings. The molecule has 0 aliphatic heterocycles. The lowest BCUT2D eigenvalue weighted by atomic mass is 10.0. The third-order valence-electron chi connectivity index (χ3n) is 6.74. The Bertz CT molecular complexity index is 1260. The van der Waals surface area contributed by atoms with E-state index in [2.05, 4.69) is 9.68 Å². The zero-order valence-corrected chi connectivity index (χ0v) is 19.2. The fourth-order valence-corrected chi connectivity index (χ4v) is 7.14. The number of rotatable bonds is 4. The highest BCUT2D eigenvalue weighted by atomic mass is 32.2. The summed E-state index contributed by atoms with van der Waals surface area (Å²) in [6, 6.07) is 0.0495. The van der Waals surface area contributed by atoms with Crippen molar-refractivity contribution in [2.45, 2.75) is 67.1 Å². The average molecular weight is 481 g/mol. The summed E-state index contributed by atoms with van der Waals surface area (Å²) in [6.45, 7) is 0.636. The number of aliphatic hydroxyl groups is 2. The van der Waals surface area contributed by atoms with Gasteiger partial charge >= 0.3 is 6.03 Å². The number of aromatic nitrogens is 1. The van der Waals surface area contributed by atoms with Gasteiger partial charge < -0.3 is 15.5 Å². The maximum absolute atomic E-state index is 14.5. The molecule has 0 aromatic carbocycles. The van der Waals surface area contributed by atoms with Crippen LogP contribution in [0.15, 0.2) is 14.6 Å². The number of nitrogens with zero attached hydrogens (tertiary/aromatic N) is 2. The molecule has 172 valence electrons. The molecule has 2 heterocycles. The molecule has 5 rings (SSSR count). The van der Waals surface area contributed by atoms with Crippen LogP contribution in [0.5, 0.6) is 0 Å². The lowest BCUT2D eigenvalue weighted by Gasteiger charge is -2.17. The van der Waals surface area contributed by atoms with Crippen LogP contribution >= 0.6 is 11.3 Å². The summed E-state index contributed by atoms with van der Waals surface area (Å²) in [5.74, 6) is -0.941. The van der Waals surface area contributed by atoms with E-state index in [0.29, 0.717) is 17.0 Å². The van der Waals surface area contributed by atoms with Crippen molar-refractivity contribution < 1.29 is 23.6 Å². The van der Waals surface area contributed by atoms with Crippen molar-refractivity contribution in [1.29, 1.82) is 0 Å². The number of nitrogens with two attached hydrogens (primary N) is 1. The van der Waals surface area contributed by atoms with Gasteiger partial charge in [-0.1, -0.05) is 0 Å². The van der Waals surface area contributed by atoms with E-state index in [-0.39, 0.29) is 10.3 Å². The van der Waals surface area contributed by atoms with Gasteiger partial charge in [-0.25, -0.2) is 18.5 Å². The number of fused-ring (bicyclic) bond motifs is 3. The number of halogens is 1. The predicted molar refractivity (Wildman–Crippen MR) is 118 cm³/mol. The van der Waals surface area contributed by atoms with Gasteiger partial charge in [-0.2, -0.15) is 0 Å². The maximum atomic E-state index is 14.5. The number of hydrogen-bond donors (Lipinski definition) is 4. The molecule has 0 radical (unpaired) electrons. The van der Waals surface area contributed by atoms with E-state index in [4.69, 9.17) is 10.1 Å². The van der Waals surface area contributed by atoms with Crippen molar-refractivity contribution in [2.75, 3.05) is 11.9 Å². The summed E-state index contributed by atoms with van der Waals surface area (Å²) < 4.78 is 30.6. The Labute approximate surface area is 189 Å². The van der Waals surface area contributed by atoms with Crippen molar-refractivity contribution in [3.05, 3.63) is 39.3 Å². The van der Waals surface area contributed by atoms with E-state index < -0.39 is 38.2 Å². The molecule has 32 heavy (non-hydrogen) atoms. The minimum absolute atomic E-state index is 0.0424. The summed E-state index contributed by atoms with van der Waals surface area (Å²) in [7, 11) is -3.90. The standard InChI is InChI=1S/C21H25FN4O4S2/c1-20(29,10-27)15-9-13(22)18(31-15)32(23,30)26-19(28)25-16-11-3-2-4-14(11)24-17-12(16)5-6-21(17)7-8-21/h9,27,29H,2-8,10H2,1H3,(H3,23,24,25,26,28,30). The molecule has 0 saturated heterocycles. The Hall–Kier alpha value is -1.92. The van der Waals surface area contributed by atoms with Gasteiger partial charge in [-0.3, -0.25) is 4.98 Å². The lowest BCUT2D eigenvalue weighted by Crippen LogP contribution is -2.24. The number of urea groups is 1. The van der Waals surface area contributed by atoms with Crippen molar-refractivity contribution >= 4 is 33.0 Å². The van der Waals surface area contributed by atoms with Crippen LogP contribution in [0.25, 0.3) is 0 Å². The predicted octanol–water partition coefficient (Wildman–Crippen LogP) is 2.88. The molecule has 2 atom stereocenters. The molecule has 1 spiro atoms. The summed E-state index contributed by atoms with van der Waals surface area (Å²) in [6.07, 6.45) is 6.67. The van der Waals surface area contributed by atoms with E-state index in [1.54, 1.807) is 0 Å². The minimum atomic E-state index is -3.90. The molecule has 2 amide bonds. The van der Waals surface area contributed by atoms with Gasteiger partial charge in [0.05, 0.1) is 18.0 Å². The van der Waals surface area contributed by atoms with Crippen molar-refractivity contribution in [3.8, 4) is 0 Å². The Morgan fingerprint density at radius 3 is 2.81 bits per heavy atom. The van der Waals surface area contributed by atoms with Crippen LogP contribution in [0.1, 0.15) is 60.0 Å². The summed E-state index contributed by atoms with van der Waals surface area (Å²) in [5, 5.41) is 28.0. The highest BCUT2D eigenvalue weighted by Gasteiger charge is 2.51. The monoisotopic (exact) mass is 480 g/mol. The van der Waals surface area contributed by atoms with Crippen LogP contribution in [0, 0.1) is 5.82 Å². The number of hydrogen-bond acceptors (Lipinski definition) is 6. The van der Waals surface area contributed by atoms with Gasteiger partial charge in [0.2, 0.25) is 0 Å². The van der Waals surface area contributed by atoms with Crippen molar-refractivity contribution in [1.82, 2.24) is 4.98 Å². The van der Waals surface area contributed by atoms with Crippen molar-refractivity contribution in [2.24, 2.45) is 9.50 Å². The largest absolute Gasteiger partial charge is 0.393 e. The third-order valence-corrected chi connectivity index (χ3v) is 10.0. The van der Waals surface area contributed by atoms with Gasteiger partial charge in [0, 0.05) is 16.0 Å². The van der Waals surface area contributed by atoms with E-state index in [1.807, 2.05) is 0 Å².